The first-order valence-corrected chi connectivity index (χ1v) is 10.4. The second-order valence-electron chi connectivity index (χ2n) is 6.26. The predicted molar refractivity (Wildman–Crippen MR) is 109 cm³/mol. The highest BCUT2D eigenvalue weighted by atomic mass is 32.2. The Balaban J connectivity index is 1.55. The zero-order valence-corrected chi connectivity index (χ0v) is 16.5. The molecule has 0 unspecified atom stereocenters. The lowest BCUT2D eigenvalue weighted by atomic mass is 10.1. The third kappa shape index (κ3) is 5.59. The monoisotopic (exact) mass is 411 g/mol. The minimum Gasteiger partial charge on any atom is -0.348 e. The van der Waals surface area contributed by atoms with E-state index in [4.69, 9.17) is 0 Å². The van der Waals surface area contributed by atoms with Crippen molar-refractivity contribution in [1.82, 2.24) is 24.8 Å². The molecule has 0 aliphatic rings. The minimum absolute atomic E-state index is 0.0962. The van der Waals surface area contributed by atoms with Crippen molar-refractivity contribution in [2.45, 2.75) is 18.0 Å². The number of nitrogens with zero attached hydrogens (tertiary/aromatic N) is 3. The molecule has 3 aromatic rings. The smallest absolute Gasteiger partial charge is 0.251 e. The van der Waals surface area contributed by atoms with Crippen molar-refractivity contribution in [2.24, 2.45) is 0 Å². The summed E-state index contributed by atoms with van der Waals surface area (Å²) in [5.74, 6) is -0.278. The van der Waals surface area contributed by atoms with E-state index in [1.165, 1.54) is 36.7 Å². The second-order valence-corrected chi connectivity index (χ2v) is 8.02. The van der Waals surface area contributed by atoms with Crippen LogP contribution in [0.3, 0.4) is 0 Å². The molecule has 0 saturated carbocycles. The molecule has 0 atom stereocenters. The number of benzene rings is 2. The van der Waals surface area contributed by atoms with Crippen molar-refractivity contribution in [2.75, 3.05) is 6.54 Å². The van der Waals surface area contributed by atoms with Gasteiger partial charge in [0.2, 0.25) is 10.0 Å². The summed E-state index contributed by atoms with van der Waals surface area (Å²) in [6.07, 6.45) is 4.60. The normalized spacial score (nSPS) is 11.2. The van der Waals surface area contributed by atoms with Crippen molar-refractivity contribution in [3.05, 3.63) is 90.5 Å². The van der Waals surface area contributed by atoms with Gasteiger partial charge in [0.05, 0.1) is 11.4 Å². The largest absolute Gasteiger partial charge is 0.348 e. The number of hydrogen-bond acceptors (Lipinski definition) is 5. The maximum Gasteiger partial charge on any atom is 0.251 e. The Bertz CT molecular complexity index is 1060. The van der Waals surface area contributed by atoms with Crippen molar-refractivity contribution in [1.29, 1.82) is 0 Å². The summed E-state index contributed by atoms with van der Waals surface area (Å²) in [5, 5.41) is 6.89. The van der Waals surface area contributed by atoms with E-state index in [1.807, 2.05) is 24.3 Å². The molecule has 1 aromatic heterocycles. The first-order chi connectivity index (χ1) is 14.0. The van der Waals surface area contributed by atoms with Gasteiger partial charge < -0.3 is 5.32 Å². The van der Waals surface area contributed by atoms with Gasteiger partial charge >= 0.3 is 0 Å². The van der Waals surface area contributed by atoms with E-state index >= 15 is 0 Å². The highest BCUT2D eigenvalue weighted by molar-refractivity contribution is 7.89. The van der Waals surface area contributed by atoms with Crippen LogP contribution in [-0.2, 0) is 23.1 Å². The van der Waals surface area contributed by atoms with E-state index in [1.54, 1.807) is 11.0 Å². The van der Waals surface area contributed by atoms with Crippen LogP contribution in [-0.4, -0.2) is 35.6 Å². The van der Waals surface area contributed by atoms with Crippen LogP contribution in [0.2, 0.25) is 0 Å². The van der Waals surface area contributed by atoms with Crippen molar-refractivity contribution in [3.8, 4) is 0 Å². The number of amides is 1. The quantitative estimate of drug-likeness (QED) is 0.522. The number of aromatic nitrogens is 3. The Labute approximate surface area is 169 Å². The Morgan fingerprint density at radius 2 is 1.76 bits per heavy atom. The Hall–Kier alpha value is -3.30. The summed E-state index contributed by atoms with van der Waals surface area (Å²) in [4.78, 5) is 16.3. The van der Waals surface area contributed by atoms with E-state index in [-0.39, 0.29) is 17.3 Å². The molecule has 0 bridgehead atoms. The van der Waals surface area contributed by atoms with Gasteiger partial charge in [-0.15, -0.1) is 6.58 Å². The van der Waals surface area contributed by atoms with Crippen molar-refractivity contribution in [3.63, 3.8) is 0 Å². The lowest BCUT2D eigenvalue weighted by Crippen LogP contribution is -2.24. The third-order valence-corrected chi connectivity index (χ3v) is 5.57. The molecule has 1 heterocycles. The van der Waals surface area contributed by atoms with E-state index in [0.29, 0.717) is 18.7 Å². The number of carbonyl (C=O) groups excluding carboxylic acids is 1. The summed E-state index contributed by atoms with van der Waals surface area (Å²) in [6, 6.07) is 13.6. The highest BCUT2D eigenvalue weighted by Gasteiger charge is 2.13. The number of hydrogen-bond donors (Lipinski definition) is 2. The van der Waals surface area contributed by atoms with Crippen molar-refractivity contribution < 1.29 is 13.2 Å². The van der Waals surface area contributed by atoms with Gasteiger partial charge in [0.15, 0.2) is 0 Å². The average molecular weight is 411 g/mol. The second kappa shape index (κ2) is 9.26. The summed E-state index contributed by atoms with van der Waals surface area (Å²) in [5.41, 5.74) is 2.41. The molecule has 8 nitrogen and oxygen atoms in total. The molecule has 0 radical (unpaired) electrons. The number of rotatable bonds is 9. The summed E-state index contributed by atoms with van der Waals surface area (Å²) < 4.78 is 28.2. The molecule has 0 aliphatic heterocycles. The van der Waals surface area contributed by atoms with Gasteiger partial charge in [-0.05, 0) is 35.4 Å². The molecule has 0 aliphatic carbocycles. The lowest BCUT2D eigenvalue weighted by molar-refractivity contribution is 0.0951. The topological polar surface area (TPSA) is 106 Å². The molecule has 0 spiro atoms. The van der Waals surface area contributed by atoms with Crippen molar-refractivity contribution >= 4 is 15.9 Å². The van der Waals surface area contributed by atoms with Crippen LogP contribution in [0.4, 0.5) is 0 Å². The van der Waals surface area contributed by atoms with Gasteiger partial charge in [0.1, 0.15) is 12.7 Å². The lowest BCUT2D eigenvalue weighted by Gasteiger charge is -2.08. The van der Waals surface area contributed by atoms with E-state index in [9.17, 15) is 13.2 Å². The number of nitrogens with one attached hydrogen (secondary N) is 2. The van der Waals surface area contributed by atoms with Gasteiger partial charge in [-0.25, -0.2) is 22.8 Å². The standard InChI is InChI=1S/C20H21N5O3S/c1-2-11-24-29(27,28)19-9-7-18(8-10-19)20(26)22-12-16-3-5-17(6-4-16)13-25-15-21-14-23-25/h2-10,14-15,24H,1,11-13H2,(H,22,26). The van der Waals surface area contributed by atoms with Crippen LogP contribution >= 0.6 is 0 Å². The number of sulfonamides is 1. The molecule has 0 saturated heterocycles. The van der Waals surface area contributed by atoms with Crippen LogP contribution in [0.5, 0.6) is 0 Å². The Kier molecular flexibility index (Phi) is 6.53. The van der Waals surface area contributed by atoms with Gasteiger partial charge in [0.25, 0.3) is 5.91 Å². The molecular weight excluding hydrogens is 390 g/mol. The fourth-order valence-electron chi connectivity index (χ4n) is 2.59. The molecule has 1 amide bonds. The van der Waals surface area contributed by atoms with Crippen LogP contribution < -0.4 is 10.0 Å². The fourth-order valence-corrected chi connectivity index (χ4v) is 3.58. The Morgan fingerprint density at radius 3 is 2.38 bits per heavy atom. The average Bonchev–Trinajstić information content (AvgIpc) is 3.25. The predicted octanol–water partition coefficient (Wildman–Crippen LogP) is 1.72. The fraction of sp³-hybridized carbons (Fsp3) is 0.150. The molecule has 9 heteroatoms. The van der Waals surface area contributed by atoms with Gasteiger partial charge in [-0.2, -0.15) is 5.10 Å². The molecule has 3 rings (SSSR count). The molecule has 2 N–H and O–H groups in total. The summed E-state index contributed by atoms with van der Waals surface area (Å²) in [6.45, 7) is 4.61. The van der Waals surface area contributed by atoms with Crippen LogP contribution in [0.25, 0.3) is 0 Å². The van der Waals surface area contributed by atoms with Crippen LogP contribution in [0.15, 0.2) is 78.7 Å². The molecule has 0 fully saturated rings. The van der Waals surface area contributed by atoms with Gasteiger partial charge in [-0.1, -0.05) is 30.3 Å². The highest BCUT2D eigenvalue weighted by Crippen LogP contribution is 2.11. The first kappa shape index (κ1) is 20.4. The first-order valence-electron chi connectivity index (χ1n) is 8.87. The summed E-state index contributed by atoms with van der Waals surface area (Å²) >= 11 is 0. The van der Waals surface area contributed by atoms with E-state index in [2.05, 4.69) is 26.7 Å². The third-order valence-electron chi connectivity index (χ3n) is 4.13. The summed E-state index contributed by atoms with van der Waals surface area (Å²) in [7, 11) is -3.61. The van der Waals surface area contributed by atoms with Gasteiger partial charge in [-0.3, -0.25) is 4.79 Å². The van der Waals surface area contributed by atoms with Gasteiger partial charge in [0, 0.05) is 18.7 Å². The molecular formula is C20H21N5O3S. The molecule has 29 heavy (non-hydrogen) atoms. The van der Waals surface area contributed by atoms with E-state index < -0.39 is 10.0 Å². The SMILES string of the molecule is C=CCNS(=O)(=O)c1ccc(C(=O)NCc2ccc(Cn3cncn3)cc2)cc1. The number of carbonyl (C=O) groups is 1. The maximum absolute atomic E-state index is 12.3. The molecule has 150 valence electrons. The Morgan fingerprint density at radius 1 is 1.07 bits per heavy atom. The van der Waals surface area contributed by atoms with Crippen LogP contribution in [0.1, 0.15) is 21.5 Å². The maximum atomic E-state index is 12.3. The van der Waals surface area contributed by atoms with E-state index in [0.717, 1.165) is 11.1 Å². The molecule has 2 aromatic carbocycles. The zero-order valence-electron chi connectivity index (χ0n) is 15.7. The minimum atomic E-state index is -3.61. The van der Waals surface area contributed by atoms with Crippen LogP contribution in [0, 0.1) is 0 Å². The zero-order chi connectivity index (χ0) is 20.7.